The summed E-state index contributed by atoms with van der Waals surface area (Å²) in [5, 5.41) is 0. The summed E-state index contributed by atoms with van der Waals surface area (Å²) in [5.41, 5.74) is 3.60. The van der Waals surface area contributed by atoms with Crippen LogP contribution in [-0.2, 0) is 4.79 Å². The van der Waals surface area contributed by atoms with Crippen molar-refractivity contribution < 1.29 is 9.37 Å². The molecule has 0 spiro atoms. The number of carbonyl (C=O) groups is 1. The van der Waals surface area contributed by atoms with Gasteiger partial charge in [0, 0.05) is 11.6 Å². The van der Waals surface area contributed by atoms with Crippen LogP contribution in [0.15, 0.2) is 23.3 Å². The maximum Gasteiger partial charge on any atom is 0.391 e. The average Bonchev–Trinajstić information content (AvgIpc) is 2.29. The fourth-order valence-corrected chi connectivity index (χ4v) is 2.10. The van der Waals surface area contributed by atoms with Crippen molar-refractivity contribution >= 4 is 11.6 Å². The first-order valence-electron chi connectivity index (χ1n) is 6.60. The third kappa shape index (κ3) is 3.65. The van der Waals surface area contributed by atoms with Crippen molar-refractivity contribution in [3.63, 3.8) is 0 Å². The van der Waals surface area contributed by atoms with E-state index in [0.717, 1.165) is 31.4 Å². The van der Waals surface area contributed by atoms with Crippen molar-refractivity contribution in [2.75, 3.05) is 7.05 Å². The van der Waals surface area contributed by atoms with Crippen molar-refractivity contribution in [2.24, 2.45) is 0 Å². The molecule has 0 aromatic heterocycles. The molecule has 0 saturated heterocycles. The monoisotopic (exact) mass is 234 g/mol. The molecule has 0 bridgehead atoms. The van der Waals surface area contributed by atoms with E-state index in [1.54, 1.807) is 0 Å². The topological polar surface area (TPSA) is 20.1 Å². The Morgan fingerprint density at radius 1 is 1.41 bits per heavy atom. The highest BCUT2D eigenvalue weighted by Crippen LogP contribution is 2.17. The lowest BCUT2D eigenvalue weighted by molar-refractivity contribution is -0.418. The Balaban J connectivity index is 3.08. The first-order valence-corrected chi connectivity index (χ1v) is 6.60. The van der Waals surface area contributed by atoms with E-state index < -0.39 is 0 Å². The van der Waals surface area contributed by atoms with Gasteiger partial charge in [0.2, 0.25) is 5.71 Å². The summed E-state index contributed by atoms with van der Waals surface area (Å²) in [6.07, 6.45) is 9.43. The Morgan fingerprint density at radius 3 is 2.71 bits per heavy atom. The van der Waals surface area contributed by atoms with Gasteiger partial charge in [0.1, 0.15) is 7.05 Å². The summed E-state index contributed by atoms with van der Waals surface area (Å²) >= 11 is 0. The zero-order chi connectivity index (χ0) is 12.8. The summed E-state index contributed by atoms with van der Waals surface area (Å²) < 4.78 is 1.81. The minimum Gasteiger partial charge on any atom is -0.219 e. The number of amides is 1. The van der Waals surface area contributed by atoms with E-state index in [9.17, 15) is 4.79 Å². The quantitative estimate of drug-likeness (QED) is 0.667. The molecule has 2 heteroatoms. The molecule has 0 aromatic carbocycles. The van der Waals surface area contributed by atoms with Gasteiger partial charge < -0.3 is 0 Å². The van der Waals surface area contributed by atoms with E-state index >= 15 is 0 Å². The fraction of sp³-hybridized carbons (Fsp3) is 0.600. The molecule has 1 amide bonds. The Labute approximate surface area is 105 Å². The lowest BCUT2D eigenvalue weighted by Gasteiger charge is -2.11. The Hall–Kier alpha value is -1.18. The highest BCUT2D eigenvalue weighted by Gasteiger charge is 2.25. The molecule has 0 atom stereocenters. The van der Waals surface area contributed by atoms with Gasteiger partial charge in [-0.05, 0) is 19.8 Å². The lowest BCUT2D eigenvalue weighted by Crippen LogP contribution is -2.28. The number of allylic oxidation sites excluding steroid dienone is 3. The van der Waals surface area contributed by atoms with Crippen molar-refractivity contribution in [1.82, 2.24) is 0 Å². The third-order valence-corrected chi connectivity index (χ3v) is 3.08. The van der Waals surface area contributed by atoms with Gasteiger partial charge in [-0.15, -0.1) is 0 Å². The fourth-order valence-electron chi connectivity index (χ4n) is 2.10. The second-order valence-corrected chi connectivity index (χ2v) is 4.77. The molecule has 0 aliphatic carbocycles. The zero-order valence-corrected chi connectivity index (χ0v) is 11.5. The second-order valence-electron chi connectivity index (χ2n) is 4.77. The number of rotatable bonds is 5. The van der Waals surface area contributed by atoms with Crippen LogP contribution in [0.2, 0.25) is 0 Å². The number of hydrogen-bond acceptors (Lipinski definition) is 1. The third-order valence-electron chi connectivity index (χ3n) is 3.08. The highest BCUT2D eigenvalue weighted by atomic mass is 16.2. The van der Waals surface area contributed by atoms with Crippen LogP contribution < -0.4 is 0 Å². The van der Waals surface area contributed by atoms with E-state index in [2.05, 4.69) is 26.0 Å². The van der Waals surface area contributed by atoms with Crippen LogP contribution in [0.3, 0.4) is 0 Å². The standard InChI is InChI=1S/C15H24NO/c1-5-7-9-13(8-6-2)14-10-12(3)11-15(17)16(14)4/h9-10H,5-8,11H2,1-4H3/q+1/b13-9+. The molecule has 0 unspecified atom stereocenters. The Morgan fingerprint density at radius 2 is 2.12 bits per heavy atom. The van der Waals surface area contributed by atoms with Crippen LogP contribution in [0.1, 0.15) is 52.9 Å². The van der Waals surface area contributed by atoms with Gasteiger partial charge in [0.25, 0.3) is 0 Å². The van der Waals surface area contributed by atoms with Crippen molar-refractivity contribution in [2.45, 2.75) is 52.9 Å². The molecule has 0 N–H and O–H groups in total. The van der Waals surface area contributed by atoms with Gasteiger partial charge in [-0.2, -0.15) is 4.58 Å². The molecule has 1 aliphatic heterocycles. The van der Waals surface area contributed by atoms with Crippen molar-refractivity contribution in [3.8, 4) is 0 Å². The van der Waals surface area contributed by atoms with E-state index in [-0.39, 0.29) is 5.91 Å². The molecule has 1 rings (SSSR count). The summed E-state index contributed by atoms with van der Waals surface area (Å²) in [6, 6.07) is 0. The summed E-state index contributed by atoms with van der Waals surface area (Å²) in [4.78, 5) is 11.8. The molecular weight excluding hydrogens is 210 g/mol. The molecule has 1 aliphatic rings. The molecule has 94 valence electrons. The largest absolute Gasteiger partial charge is 0.391 e. The molecular formula is C15H24NO+. The highest BCUT2D eigenvalue weighted by molar-refractivity contribution is 6.08. The van der Waals surface area contributed by atoms with E-state index in [0.29, 0.717) is 6.42 Å². The summed E-state index contributed by atoms with van der Waals surface area (Å²) in [6.45, 7) is 6.40. The molecule has 0 radical (unpaired) electrons. The van der Waals surface area contributed by atoms with Crippen LogP contribution in [-0.4, -0.2) is 23.2 Å². The van der Waals surface area contributed by atoms with Gasteiger partial charge >= 0.3 is 5.91 Å². The smallest absolute Gasteiger partial charge is 0.219 e. The molecule has 2 nitrogen and oxygen atoms in total. The van der Waals surface area contributed by atoms with E-state index in [1.807, 2.05) is 18.5 Å². The molecule has 0 aromatic rings. The van der Waals surface area contributed by atoms with Gasteiger partial charge in [-0.25, -0.2) is 4.79 Å². The van der Waals surface area contributed by atoms with Crippen LogP contribution in [0, 0.1) is 0 Å². The van der Waals surface area contributed by atoms with E-state index in [4.69, 9.17) is 0 Å². The maximum absolute atomic E-state index is 11.8. The first-order chi connectivity index (χ1) is 8.10. The number of carbonyl (C=O) groups excluding carboxylic acids is 1. The number of unbranched alkanes of at least 4 members (excludes halogenated alkanes) is 1. The van der Waals surface area contributed by atoms with Crippen LogP contribution in [0.5, 0.6) is 0 Å². The summed E-state index contributed by atoms with van der Waals surface area (Å²) in [7, 11) is 1.88. The van der Waals surface area contributed by atoms with Crippen molar-refractivity contribution in [3.05, 3.63) is 23.3 Å². The Kier molecular flexibility index (Phi) is 5.33. The van der Waals surface area contributed by atoms with Crippen LogP contribution in [0.25, 0.3) is 0 Å². The van der Waals surface area contributed by atoms with Crippen LogP contribution >= 0.6 is 0 Å². The zero-order valence-electron chi connectivity index (χ0n) is 11.5. The second kappa shape index (κ2) is 6.53. The van der Waals surface area contributed by atoms with E-state index in [1.165, 1.54) is 11.1 Å². The first kappa shape index (κ1) is 13.9. The van der Waals surface area contributed by atoms with Gasteiger partial charge in [-0.3, -0.25) is 0 Å². The lowest BCUT2D eigenvalue weighted by atomic mass is 9.98. The number of hydrogen-bond donors (Lipinski definition) is 0. The molecule has 17 heavy (non-hydrogen) atoms. The number of nitrogens with zero attached hydrogens (tertiary/aromatic N) is 1. The Bertz CT molecular complexity index is 386. The van der Waals surface area contributed by atoms with Crippen molar-refractivity contribution in [1.29, 1.82) is 0 Å². The molecule has 0 saturated carbocycles. The summed E-state index contributed by atoms with van der Waals surface area (Å²) in [5.74, 6) is 0.207. The molecule has 1 heterocycles. The average molecular weight is 234 g/mol. The molecule has 0 fully saturated rings. The SMILES string of the molecule is CCC/C=C(\CCC)C1=[N+](C)C(=O)CC(C)=C1. The normalized spacial score (nSPS) is 17.5. The predicted molar refractivity (Wildman–Crippen MR) is 72.5 cm³/mol. The minimum absolute atomic E-state index is 0.207. The van der Waals surface area contributed by atoms with Gasteiger partial charge in [-0.1, -0.05) is 38.3 Å². The van der Waals surface area contributed by atoms with Crippen LogP contribution in [0.4, 0.5) is 0 Å². The van der Waals surface area contributed by atoms with Gasteiger partial charge in [0.05, 0.1) is 6.42 Å². The predicted octanol–water partition coefficient (Wildman–Crippen LogP) is 3.47. The van der Waals surface area contributed by atoms with Gasteiger partial charge in [0.15, 0.2) is 0 Å². The maximum atomic E-state index is 11.8. The minimum atomic E-state index is 0.207.